The quantitative estimate of drug-likeness (QED) is 0.235. The van der Waals surface area contributed by atoms with Gasteiger partial charge in [-0.25, -0.2) is 0 Å². The number of aliphatic imine (C=N–C) groups is 1. The van der Waals surface area contributed by atoms with Crippen molar-refractivity contribution >= 4 is 62.8 Å². The number of carbonyl (C=O) groups excluding carboxylic acids is 1. The molecule has 188 valence electrons. The maximum atomic E-state index is 12.7. The monoisotopic (exact) mass is 548 g/mol. The Bertz CT molecular complexity index is 1640. The number of nitro groups is 2. The van der Waals surface area contributed by atoms with Crippen LogP contribution in [0, 0.1) is 25.6 Å². The molecule has 14 heteroatoms. The Morgan fingerprint density at radius 1 is 1.03 bits per heavy atom. The fourth-order valence-electron chi connectivity index (χ4n) is 3.51. The highest BCUT2D eigenvalue weighted by Crippen LogP contribution is 2.35. The number of nitrogens with zero attached hydrogens (tertiary/aromatic N) is 5. The van der Waals surface area contributed by atoms with Crippen molar-refractivity contribution in [2.75, 3.05) is 0 Å². The first kappa shape index (κ1) is 24.8. The molecule has 0 bridgehead atoms. The number of halogens is 1. The second kappa shape index (κ2) is 9.88. The molecule has 0 aliphatic carbocycles. The number of hydrogen-bond donors (Lipinski definition) is 1. The maximum Gasteiger partial charge on any atom is 0.318 e. The number of nitro benzene ring substituents is 2. The number of benzene rings is 3. The molecule has 0 radical (unpaired) electrons. The Morgan fingerprint density at radius 2 is 1.76 bits per heavy atom. The molecule has 2 heterocycles. The smallest absolute Gasteiger partial charge is 0.318 e. The third-order valence-electron chi connectivity index (χ3n) is 5.33. The molecule has 2 aliphatic rings. The van der Waals surface area contributed by atoms with Crippen LogP contribution in [0.4, 0.5) is 11.4 Å². The first-order chi connectivity index (χ1) is 18.2. The molecule has 0 atom stereocenters. The summed E-state index contributed by atoms with van der Waals surface area (Å²) in [5.41, 5.74) is 0.213. The Morgan fingerprint density at radius 3 is 2.45 bits per heavy atom. The molecule has 3 aromatic rings. The predicted octanol–water partition coefficient (Wildman–Crippen LogP) is 5.62. The lowest BCUT2D eigenvalue weighted by molar-refractivity contribution is -0.394. The van der Waals surface area contributed by atoms with E-state index < -0.39 is 27.1 Å². The molecule has 0 aromatic heterocycles. The number of ether oxygens (including phenoxy) is 1. The van der Waals surface area contributed by atoms with Gasteiger partial charge in [-0.05, 0) is 47.7 Å². The minimum Gasteiger partial charge on any atom is -0.450 e. The van der Waals surface area contributed by atoms with Gasteiger partial charge in [-0.3, -0.25) is 30.4 Å². The maximum absolute atomic E-state index is 12.7. The molecule has 1 N–H and O–H groups in total. The lowest BCUT2D eigenvalue weighted by atomic mass is 10.1. The second-order valence-corrected chi connectivity index (χ2v) is 9.11. The van der Waals surface area contributed by atoms with E-state index in [1.165, 1.54) is 23.2 Å². The van der Waals surface area contributed by atoms with E-state index in [1.54, 1.807) is 36.4 Å². The van der Waals surface area contributed by atoms with Crippen molar-refractivity contribution in [3.05, 3.63) is 109 Å². The third-order valence-corrected chi connectivity index (χ3v) is 6.60. The number of hydrazone groups is 1. The summed E-state index contributed by atoms with van der Waals surface area (Å²) in [6, 6.07) is 16.3. The highest BCUT2D eigenvalue weighted by atomic mass is 35.5. The lowest BCUT2D eigenvalue weighted by Crippen LogP contribution is -2.35. The topological polar surface area (TPSA) is 164 Å². The van der Waals surface area contributed by atoms with Gasteiger partial charge in [-0.2, -0.15) is 15.1 Å². The van der Waals surface area contributed by atoms with Gasteiger partial charge in [0.05, 0.1) is 26.5 Å². The van der Waals surface area contributed by atoms with Gasteiger partial charge in [0.1, 0.15) is 10.8 Å². The Hall–Kier alpha value is -4.88. The number of hydrogen-bond acceptors (Lipinski definition) is 9. The van der Waals surface area contributed by atoms with Gasteiger partial charge in [-0.15, -0.1) is 0 Å². The zero-order valence-corrected chi connectivity index (χ0v) is 20.5. The molecule has 0 saturated carbocycles. The number of rotatable bonds is 6. The van der Waals surface area contributed by atoms with E-state index in [1.807, 2.05) is 0 Å². The SMILES string of the molecule is N=C1/C(=C/c2ccc(Oc3ccc([N+](=O)[O-])cc3[N+](=O)[O-])cc2)C(=O)N=C2SC(c3ccccc3Cl)=NN12. The predicted molar refractivity (Wildman–Crippen MR) is 142 cm³/mol. The van der Waals surface area contributed by atoms with Crippen molar-refractivity contribution in [3.63, 3.8) is 0 Å². The molecule has 0 unspecified atom stereocenters. The number of thioether (sulfide) groups is 1. The van der Waals surface area contributed by atoms with Crippen molar-refractivity contribution in [2.45, 2.75) is 0 Å². The molecular formula is C24H13ClN6O6S. The van der Waals surface area contributed by atoms with Crippen LogP contribution in [0.1, 0.15) is 11.1 Å². The van der Waals surface area contributed by atoms with Gasteiger partial charge >= 0.3 is 5.69 Å². The summed E-state index contributed by atoms with van der Waals surface area (Å²) < 4.78 is 5.56. The van der Waals surface area contributed by atoms with E-state index >= 15 is 0 Å². The minimum atomic E-state index is -0.771. The zero-order chi connectivity index (χ0) is 27.0. The van der Waals surface area contributed by atoms with Crippen molar-refractivity contribution in [2.24, 2.45) is 10.1 Å². The minimum absolute atomic E-state index is 0.0122. The van der Waals surface area contributed by atoms with Crippen LogP contribution < -0.4 is 4.74 Å². The van der Waals surface area contributed by atoms with Crippen molar-refractivity contribution in [3.8, 4) is 11.5 Å². The van der Waals surface area contributed by atoms with E-state index in [9.17, 15) is 25.0 Å². The zero-order valence-electron chi connectivity index (χ0n) is 18.9. The fourth-order valence-corrected chi connectivity index (χ4v) is 4.72. The molecule has 0 spiro atoms. The number of amidine groups is 2. The summed E-state index contributed by atoms with van der Waals surface area (Å²) in [4.78, 5) is 37.5. The van der Waals surface area contributed by atoms with Crippen LogP contribution in [0.15, 0.2) is 82.4 Å². The largest absolute Gasteiger partial charge is 0.450 e. The number of non-ortho nitro benzene ring substituents is 1. The number of carbonyl (C=O) groups is 1. The summed E-state index contributed by atoms with van der Waals surface area (Å²) in [6.45, 7) is 0. The molecule has 2 aliphatic heterocycles. The van der Waals surface area contributed by atoms with Gasteiger partial charge in [0.25, 0.3) is 11.6 Å². The number of fused-ring (bicyclic) bond motifs is 1. The average Bonchev–Trinajstić information content (AvgIpc) is 3.31. The molecule has 5 rings (SSSR count). The van der Waals surface area contributed by atoms with Crippen molar-refractivity contribution < 1.29 is 19.4 Å². The first-order valence-corrected chi connectivity index (χ1v) is 11.9. The third kappa shape index (κ3) is 4.75. The molecule has 12 nitrogen and oxygen atoms in total. The summed E-state index contributed by atoms with van der Waals surface area (Å²) in [7, 11) is 0. The van der Waals surface area contributed by atoms with Gasteiger partial charge < -0.3 is 4.74 Å². The number of nitrogens with one attached hydrogen (secondary N) is 1. The van der Waals surface area contributed by atoms with Crippen LogP contribution in [0.25, 0.3) is 6.08 Å². The average molecular weight is 549 g/mol. The number of amides is 1. The van der Waals surface area contributed by atoms with Crippen molar-refractivity contribution in [1.29, 1.82) is 5.41 Å². The van der Waals surface area contributed by atoms with E-state index in [4.69, 9.17) is 21.7 Å². The van der Waals surface area contributed by atoms with Crippen LogP contribution in [0.5, 0.6) is 11.5 Å². The molecule has 0 fully saturated rings. The summed E-state index contributed by atoms with van der Waals surface area (Å²) in [5, 5.41) is 37.7. The molecular weight excluding hydrogens is 536 g/mol. The van der Waals surface area contributed by atoms with Crippen LogP contribution in [-0.4, -0.2) is 36.8 Å². The summed E-state index contributed by atoms with van der Waals surface area (Å²) in [6.07, 6.45) is 1.47. The van der Waals surface area contributed by atoms with Gasteiger partial charge in [0, 0.05) is 11.6 Å². The Balaban J connectivity index is 1.37. The van der Waals surface area contributed by atoms with Gasteiger partial charge in [0.15, 0.2) is 5.84 Å². The van der Waals surface area contributed by atoms with E-state index in [-0.39, 0.29) is 28.1 Å². The lowest BCUT2D eigenvalue weighted by Gasteiger charge is -2.20. The van der Waals surface area contributed by atoms with Crippen molar-refractivity contribution in [1.82, 2.24) is 5.01 Å². The molecule has 3 aromatic carbocycles. The molecule has 38 heavy (non-hydrogen) atoms. The normalized spacial score (nSPS) is 15.7. The second-order valence-electron chi connectivity index (χ2n) is 7.74. The van der Waals surface area contributed by atoms with Crippen LogP contribution in [0.3, 0.4) is 0 Å². The standard InChI is InChI=1S/C24H13ClN6O6S/c25-18-4-2-1-3-16(18)23-28-29-21(26)17(22(32)27-24(29)38-23)11-13-5-8-15(9-6-13)37-20-10-7-14(30(33)34)12-19(20)31(35)36/h1-12,26H/b17-11-,26-21?. The first-order valence-electron chi connectivity index (χ1n) is 10.7. The van der Waals surface area contributed by atoms with Gasteiger partial charge in [0.2, 0.25) is 10.9 Å². The van der Waals surface area contributed by atoms with E-state index in [0.717, 1.165) is 30.0 Å². The van der Waals surface area contributed by atoms with E-state index in [0.29, 0.717) is 21.2 Å². The van der Waals surface area contributed by atoms with E-state index in [2.05, 4.69) is 10.1 Å². The summed E-state index contributed by atoms with van der Waals surface area (Å²) in [5.74, 6) is -0.710. The molecule has 0 saturated heterocycles. The fraction of sp³-hybridized carbons (Fsp3) is 0. The highest BCUT2D eigenvalue weighted by Gasteiger charge is 2.36. The van der Waals surface area contributed by atoms with Gasteiger partial charge in [-0.1, -0.05) is 41.9 Å². The molecule has 1 amide bonds. The van der Waals surface area contributed by atoms with Crippen LogP contribution in [-0.2, 0) is 4.79 Å². The highest BCUT2D eigenvalue weighted by molar-refractivity contribution is 8.27. The van der Waals surface area contributed by atoms with Crippen LogP contribution >= 0.6 is 23.4 Å². The van der Waals surface area contributed by atoms with Crippen LogP contribution in [0.2, 0.25) is 5.02 Å². The summed E-state index contributed by atoms with van der Waals surface area (Å²) >= 11 is 7.39. The Labute approximate surface area is 222 Å². The Kier molecular flexibility index (Phi) is 6.45.